The first kappa shape index (κ1) is 48.1. The van der Waals surface area contributed by atoms with Gasteiger partial charge in [0.05, 0.1) is 6.61 Å². The van der Waals surface area contributed by atoms with Crippen molar-refractivity contribution in [2.45, 2.75) is 141 Å². The predicted molar refractivity (Wildman–Crippen MR) is 245 cm³/mol. The third-order valence-corrected chi connectivity index (χ3v) is 11.4. The second-order valence-electron chi connectivity index (χ2n) is 16.6. The van der Waals surface area contributed by atoms with Crippen LogP contribution in [-0.2, 0) is 22.4 Å². The van der Waals surface area contributed by atoms with Gasteiger partial charge < -0.3 is 25.2 Å². The van der Waals surface area contributed by atoms with Crippen LogP contribution < -0.4 is 0 Å². The first-order valence-electron chi connectivity index (χ1n) is 21.2. The number of benzene rings is 5. The number of phenols is 4. The minimum atomic E-state index is -0.0840. The minimum Gasteiger partial charge on any atom is -0.508 e. The van der Waals surface area contributed by atoms with Crippen LogP contribution >= 0.6 is 0 Å². The van der Waals surface area contributed by atoms with Gasteiger partial charge in [-0.05, 0) is 203 Å². The molecule has 0 aliphatic carbocycles. The van der Waals surface area contributed by atoms with Gasteiger partial charge in [0.15, 0.2) is 0 Å². The maximum Gasteiger partial charge on any atom is 0.306 e. The van der Waals surface area contributed by atoms with Crippen molar-refractivity contribution >= 4 is 5.97 Å². The van der Waals surface area contributed by atoms with Crippen molar-refractivity contribution in [2.24, 2.45) is 0 Å². The highest BCUT2D eigenvalue weighted by Gasteiger charge is 2.20. The molecule has 4 N–H and O–H groups in total. The van der Waals surface area contributed by atoms with Crippen LogP contribution in [0.15, 0.2) is 60.7 Å². The fourth-order valence-electron chi connectivity index (χ4n) is 7.61. The molecule has 5 aromatic rings. The number of unbranched alkanes of at least 4 members (excludes halogenated alkanes) is 1. The number of hydrogen-bond donors (Lipinski definition) is 4. The zero-order valence-electron chi connectivity index (χ0n) is 38.1. The van der Waals surface area contributed by atoms with Crippen molar-refractivity contribution in [3.05, 3.63) is 150 Å². The summed E-state index contributed by atoms with van der Waals surface area (Å²) in [7, 11) is 0. The first-order chi connectivity index (χ1) is 27.8. The van der Waals surface area contributed by atoms with Gasteiger partial charge in [-0.2, -0.15) is 0 Å². The van der Waals surface area contributed by atoms with Gasteiger partial charge in [-0.3, -0.25) is 4.79 Å². The molecule has 5 aromatic carbocycles. The summed E-state index contributed by atoms with van der Waals surface area (Å²) in [5.74, 6) is 1.68. The molecule has 0 aliphatic rings. The van der Waals surface area contributed by atoms with E-state index >= 15 is 0 Å². The Balaban J connectivity index is 0.000000238. The van der Waals surface area contributed by atoms with Crippen molar-refractivity contribution in [3.63, 3.8) is 0 Å². The number of rotatable bonds is 12. The number of carbonyl (C=O) groups is 1. The second kappa shape index (κ2) is 22.2. The van der Waals surface area contributed by atoms with Crippen molar-refractivity contribution in [1.82, 2.24) is 0 Å². The molecule has 0 fully saturated rings. The van der Waals surface area contributed by atoms with E-state index in [0.717, 1.165) is 83.0 Å². The lowest BCUT2D eigenvalue weighted by molar-refractivity contribution is -0.143. The van der Waals surface area contributed by atoms with Crippen LogP contribution in [0, 0.1) is 76.2 Å². The summed E-state index contributed by atoms with van der Waals surface area (Å²) in [4.78, 5) is 11.5. The van der Waals surface area contributed by atoms with Crippen LogP contribution in [0.3, 0.4) is 0 Å². The number of esters is 1. The monoisotopic (exact) mass is 803 g/mol. The Labute approximate surface area is 355 Å². The molecule has 0 bridgehead atoms. The molecule has 0 saturated carbocycles. The predicted octanol–water partition coefficient (Wildman–Crippen LogP) is 13.1. The molecule has 0 saturated heterocycles. The Bertz CT molecular complexity index is 2030. The molecule has 0 aromatic heterocycles. The Kier molecular flexibility index (Phi) is 18.1. The summed E-state index contributed by atoms with van der Waals surface area (Å²) in [5, 5.41) is 39.4. The quantitative estimate of drug-likeness (QED) is 0.0739. The van der Waals surface area contributed by atoms with E-state index in [2.05, 4.69) is 72.7 Å². The van der Waals surface area contributed by atoms with Gasteiger partial charge in [0.1, 0.15) is 23.0 Å². The zero-order valence-corrected chi connectivity index (χ0v) is 38.1. The summed E-state index contributed by atoms with van der Waals surface area (Å²) in [6.07, 6.45) is 6.21. The fraction of sp³-hybridized carbons (Fsp3) is 0.415. The maximum absolute atomic E-state index is 11.5. The average Bonchev–Trinajstić information content (AvgIpc) is 3.17. The van der Waals surface area contributed by atoms with Gasteiger partial charge in [-0.25, -0.2) is 0 Å². The number of aromatic hydroxyl groups is 4. The fourth-order valence-corrected chi connectivity index (χ4v) is 7.61. The molecule has 318 valence electrons. The van der Waals surface area contributed by atoms with Crippen LogP contribution in [0.25, 0.3) is 0 Å². The van der Waals surface area contributed by atoms with Crippen LogP contribution in [0.1, 0.15) is 141 Å². The molecule has 59 heavy (non-hydrogen) atoms. The van der Waals surface area contributed by atoms with Crippen molar-refractivity contribution in [2.75, 3.05) is 6.61 Å². The summed E-state index contributed by atoms with van der Waals surface area (Å²) in [5.41, 5.74) is 17.7. The standard InChI is InChI=1S/C20H26O2.C17H20O2.C16H24O2/c1-6-7-16(17-8-14(4)19(21)10-12(17)2)18-9-15(5)20(22)11-13(18)3;1-10-5-14(6-11(2)16(10)18)9-15-7-12(3)17(19)13(4)8-15;1-5-6-9-18-16(17)8-7-15-10-12(2)14(4)13(3)11-15/h8-11,16,21-22H,6-7H2,1-5H3;5-8,18-19H,9H2,1-4H3;10-11H,5-9H2,1-4H3. The van der Waals surface area contributed by atoms with Crippen molar-refractivity contribution in [1.29, 1.82) is 0 Å². The summed E-state index contributed by atoms with van der Waals surface area (Å²) in [6.45, 7) is 26.9. The first-order valence-corrected chi connectivity index (χ1v) is 21.2. The van der Waals surface area contributed by atoms with Crippen molar-refractivity contribution in [3.8, 4) is 23.0 Å². The topological polar surface area (TPSA) is 107 Å². The average molecular weight is 803 g/mol. The van der Waals surface area contributed by atoms with Crippen LogP contribution in [-0.4, -0.2) is 33.0 Å². The SMILES string of the molecule is CCCC(c1cc(C)c(O)cc1C)c1cc(C)c(O)cc1C.CCCCOC(=O)CCc1cc(C)c(C)c(C)c1.Cc1cc(Cc2cc(C)c(O)c(C)c2)cc(C)c1O. The Morgan fingerprint density at radius 3 is 1.31 bits per heavy atom. The smallest absolute Gasteiger partial charge is 0.306 e. The number of phenolic OH excluding ortho intramolecular Hbond substituents is 4. The number of ether oxygens (including phenoxy) is 1. The van der Waals surface area contributed by atoms with Gasteiger partial charge in [-0.15, -0.1) is 0 Å². The second-order valence-corrected chi connectivity index (χ2v) is 16.6. The largest absolute Gasteiger partial charge is 0.508 e. The van der Waals surface area contributed by atoms with E-state index in [4.69, 9.17) is 4.74 Å². The number of carbonyl (C=O) groups excluding carboxylic acids is 1. The van der Waals surface area contributed by atoms with Gasteiger partial charge >= 0.3 is 5.97 Å². The molecule has 0 amide bonds. The Morgan fingerprint density at radius 2 is 0.915 bits per heavy atom. The normalized spacial score (nSPS) is 10.8. The molecule has 0 unspecified atom stereocenters. The summed E-state index contributed by atoms with van der Waals surface area (Å²) in [6, 6.07) is 20.3. The lowest BCUT2D eigenvalue weighted by atomic mass is 9.82. The number of aryl methyl sites for hydroxylation is 11. The lowest BCUT2D eigenvalue weighted by Gasteiger charge is -2.23. The Hall–Kier alpha value is -5.23. The summed E-state index contributed by atoms with van der Waals surface area (Å²) >= 11 is 0. The van der Waals surface area contributed by atoms with Crippen molar-refractivity contribution < 1.29 is 30.0 Å². The molecular formula is C53H70O6. The van der Waals surface area contributed by atoms with Crippen LogP contribution in [0.5, 0.6) is 23.0 Å². The van der Waals surface area contributed by atoms with Crippen LogP contribution in [0.2, 0.25) is 0 Å². The highest BCUT2D eigenvalue weighted by Crippen LogP contribution is 2.38. The number of hydrogen-bond acceptors (Lipinski definition) is 6. The van der Waals surface area contributed by atoms with Gasteiger partial charge in [0, 0.05) is 12.3 Å². The highest BCUT2D eigenvalue weighted by atomic mass is 16.5. The molecule has 0 atom stereocenters. The van der Waals surface area contributed by atoms with Gasteiger partial charge in [-0.1, -0.05) is 75.2 Å². The van der Waals surface area contributed by atoms with E-state index in [1.807, 2.05) is 77.9 Å². The molecule has 6 heteroatoms. The lowest BCUT2D eigenvalue weighted by Crippen LogP contribution is -2.07. The van der Waals surface area contributed by atoms with Gasteiger partial charge in [0.25, 0.3) is 0 Å². The van der Waals surface area contributed by atoms with E-state index in [1.54, 1.807) is 0 Å². The van der Waals surface area contributed by atoms with E-state index in [1.165, 1.54) is 44.5 Å². The molecular weight excluding hydrogens is 733 g/mol. The zero-order chi connectivity index (χ0) is 44.1. The molecule has 5 rings (SSSR count). The van der Waals surface area contributed by atoms with Crippen LogP contribution in [0.4, 0.5) is 0 Å². The minimum absolute atomic E-state index is 0.0840. The van der Waals surface area contributed by atoms with E-state index in [0.29, 0.717) is 41.9 Å². The molecule has 0 radical (unpaired) electrons. The Morgan fingerprint density at radius 1 is 0.508 bits per heavy atom. The maximum atomic E-state index is 11.5. The molecule has 0 spiro atoms. The summed E-state index contributed by atoms with van der Waals surface area (Å²) < 4.78 is 5.15. The molecule has 0 aliphatic heterocycles. The third kappa shape index (κ3) is 13.7. The third-order valence-electron chi connectivity index (χ3n) is 11.4. The van der Waals surface area contributed by atoms with E-state index in [-0.39, 0.29) is 5.97 Å². The van der Waals surface area contributed by atoms with E-state index < -0.39 is 0 Å². The van der Waals surface area contributed by atoms with Gasteiger partial charge in [0.2, 0.25) is 0 Å². The molecule has 6 nitrogen and oxygen atoms in total. The van der Waals surface area contributed by atoms with E-state index in [9.17, 15) is 25.2 Å². The molecule has 0 heterocycles. The highest BCUT2D eigenvalue weighted by molar-refractivity contribution is 5.69.